The Morgan fingerprint density at radius 2 is 1.68 bits per heavy atom. The average Bonchev–Trinajstić information content (AvgIpc) is 2.90. The summed E-state index contributed by atoms with van der Waals surface area (Å²) in [6.45, 7) is 6.01. The molecule has 4 heteroatoms. The molecule has 0 unspecified atom stereocenters. The van der Waals surface area contributed by atoms with Crippen molar-refractivity contribution in [3.05, 3.63) is 65.5 Å². The monoisotopic (exact) mass is 381 g/mol. The second kappa shape index (κ2) is 7.23. The highest BCUT2D eigenvalue weighted by atomic mass is 19.1. The lowest BCUT2D eigenvalue weighted by Crippen LogP contribution is -2.46. The van der Waals surface area contributed by atoms with Gasteiger partial charge in [0.2, 0.25) is 0 Å². The summed E-state index contributed by atoms with van der Waals surface area (Å²) in [4.78, 5) is 15.4. The van der Waals surface area contributed by atoms with Crippen LogP contribution in [0.3, 0.4) is 0 Å². The van der Waals surface area contributed by atoms with Crippen LogP contribution in [0.15, 0.2) is 48.5 Å². The molecule has 1 amide bonds. The molecular formula is C24H28FNO2. The lowest BCUT2D eigenvalue weighted by molar-refractivity contribution is 0.0569. The minimum absolute atomic E-state index is 0.101. The quantitative estimate of drug-likeness (QED) is 0.697. The van der Waals surface area contributed by atoms with Crippen LogP contribution in [-0.4, -0.2) is 28.5 Å². The number of piperidine rings is 1. The van der Waals surface area contributed by atoms with Gasteiger partial charge < -0.3 is 9.64 Å². The number of benzene rings is 2. The van der Waals surface area contributed by atoms with Gasteiger partial charge in [-0.1, -0.05) is 18.2 Å². The molecule has 3 atom stereocenters. The van der Waals surface area contributed by atoms with Gasteiger partial charge in [0.15, 0.2) is 0 Å². The number of rotatable bonds is 3. The second-order valence-corrected chi connectivity index (χ2v) is 9.06. The minimum atomic E-state index is -0.297. The molecule has 28 heavy (non-hydrogen) atoms. The van der Waals surface area contributed by atoms with Gasteiger partial charge in [-0.25, -0.2) is 4.39 Å². The minimum Gasteiger partial charge on any atom is -0.488 e. The van der Waals surface area contributed by atoms with Crippen LogP contribution in [0.1, 0.15) is 68.3 Å². The van der Waals surface area contributed by atoms with Crippen LogP contribution in [0, 0.1) is 5.82 Å². The highest BCUT2D eigenvalue weighted by Crippen LogP contribution is 2.43. The third kappa shape index (κ3) is 3.91. The molecule has 148 valence electrons. The van der Waals surface area contributed by atoms with Gasteiger partial charge in [0.25, 0.3) is 5.91 Å². The molecule has 0 N–H and O–H groups in total. The number of hydrogen-bond donors (Lipinski definition) is 0. The summed E-state index contributed by atoms with van der Waals surface area (Å²) in [6, 6.07) is 14.9. The number of ether oxygens (including phenoxy) is 1. The molecule has 0 saturated carbocycles. The molecule has 2 saturated heterocycles. The summed E-state index contributed by atoms with van der Waals surface area (Å²) >= 11 is 0. The van der Waals surface area contributed by atoms with Crippen LogP contribution in [0.4, 0.5) is 4.39 Å². The summed E-state index contributed by atoms with van der Waals surface area (Å²) < 4.78 is 19.2. The molecule has 0 spiro atoms. The highest BCUT2D eigenvalue weighted by molar-refractivity contribution is 5.95. The fourth-order valence-electron chi connectivity index (χ4n) is 4.71. The highest BCUT2D eigenvalue weighted by Gasteiger charge is 2.43. The van der Waals surface area contributed by atoms with E-state index in [0.717, 1.165) is 31.4 Å². The molecule has 2 fully saturated rings. The molecule has 0 aromatic heterocycles. The van der Waals surface area contributed by atoms with E-state index < -0.39 is 0 Å². The van der Waals surface area contributed by atoms with Crippen molar-refractivity contribution in [3.8, 4) is 5.75 Å². The summed E-state index contributed by atoms with van der Waals surface area (Å²) in [6.07, 6.45) is 4.00. The van der Waals surface area contributed by atoms with Gasteiger partial charge >= 0.3 is 0 Å². The van der Waals surface area contributed by atoms with Crippen molar-refractivity contribution in [1.82, 2.24) is 4.90 Å². The predicted molar refractivity (Wildman–Crippen MR) is 108 cm³/mol. The van der Waals surface area contributed by atoms with Crippen molar-refractivity contribution >= 4 is 5.91 Å². The van der Waals surface area contributed by atoms with E-state index in [1.54, 1.807) is 0 Å². The maximum absolute atomic E-state index is 13.3. The molecule has 2 heterocycles. The van der Waals surface area contributed by atoms with Gasteiger partial charge in [-0.3, -0.25) is 4.79 Å². The number of hydrogen-bond acceptors (Lipinski definition) is 2. The Morgan fingerprint density at radius 3 is 2.29 bits per heavy atom. The number of carbonyl (C=O) groups excluding carboxylic acids is 1. The van der Waals surface area contributed by atoms with Crippen molar-refractivity contribution in [2.75, 3.05) is 0 Å². The number of halogens is 1. The fourth-order valence-corrected chi connectivity index (χ4v) is 4.71. The van der Waals surface area contributed by atoms with E-state index in [4.69, 9.17) is 4.74 Å². The lowest BCUT2D eigenvalue weighted by Gasteiger charge is -2.39. The number of carbonyl (C=O) groups is 1. The molecule has 3 nitrogen and oxygen atoms in total. The molecule has 2 aliphatic rings. The van der Waals surface area contributed by atoms with Crippen molar-refractivity contribution in [2.45, 2.75) is 70.1 Å². The van der Waals surface area contributed by atoms with E-state index in [-0.39, 0.29) is 29.4 Å². The van der Waals surface area contributed by atoms with Crippen molar-refractivity contribution in [2.24, 2.45) is 0 Å². The van der Waals surface area contributed by atoms with Crippen molar-refractivity contribution < 1.29 is 13.9 Å². The maximum atomic E-state index is 13.3. The molecule has 4 rings (SSSR count). The average molecular weight is 381 g/mol. The van der Waals surface area contributed by atoms with Gasteiger partial charge in [0, 0.05) is 17.6 Å². The number of amides is 1. The molecule has 0 aliphatic carbocycles. The Balaban J connectivity index is 1.51. The van der Waals surface area contributed by atoms with E-state index in [9.17, 15) is 9.18 Å². The third-order valence-corrected chi connectivity index (χ3v) is 5.81. The molecule has 2 bridgehead atoms. The van der Waals surface area contributed by atoms with Crippen LogP contribution >= 0.6 is 0 Å². The van der Waals surface area contributed by atoms with Crippen LogP contribution in [0.5, 0.6) is 5.75 Å². The first-order chi connectivity index (χ1) is 13.3. The summed E-state index contributed by atoms with van der Waals surface area (Å²) in [7, 11) is 0. The van der Waals surface area contributed by atoms with Crippen molar-refractivity contribution in [1.29, 1.82) is 0 Å². The normalized spacial score (nSPS) is 24.3. The van der Waals surface area contributed by atoms with Crippen molar-refractivity contribution in [3.63, 3.8) is 0 Å². The van der Waals surface area contributed by atoms with Gasteiger partial charge in [-0.2, -0.15) is 0 Å². The molecule has 2 aromatic rings. The first kappa shape index (κ1) is 19.0. The van der Waals surface area contributed by atoms with Crippen LogP contribution in [0.2, 0.25) is 0 Å². The SMILES string of the molecule is CC(C)(C)Oc1cccc(C(=O)N2[C@@H]3CC[C@H]2C[C@@H](c2ccc(F)cc2)C3)c1. The maximum Gasteiger partial charge on any atom is 0.254 e. The predicted octanol–water partition coefficient (Wildman–Crippen LogP) is 5.55. The largest absolute Gasteiger partial charge is 0.488 e. The van der Waals surface area contributed by atoms with Gasteiger partial charge in [-0.15, -0.1) is 0 Å². The zero-order chi connectivity index (χ0) is 19.9. The first-order valence-corrected chi connectivity index (χ1v) is 10.2. The molecule has 2 aromatic carbocycles. The van der Waals surface area contributed by atoms with Gasteiger partial charge in [0.1, 0.15) is 17.2 Å². The zero-order valence-electron chi connectivity index (χ0n) is 16.8. The summed E-state index contributed by atoms with van der Waals surface area (Å²) in [5.74, 6) is 1.03. The Hall–Kier alpha value is -2.36. The standard InChI is InChI=1S/C24H28FNO2/c1-24(2,3)28-22-6-4-5-17(15-22)23(27)26-20-11-12-21(26)14-18(13-20)16-7-9-19(25)10-8-16/h4-10,15,18,20-21H,11-14H2,1-3H3/t18-,20+,21-. The van der Waals surface area contributed by atoms with E-state index in [2.05, 4.69) is 4.90 Å². The second-order valence-electron chi connectivity index (χ2n) is 9.06. The van der Waals surface area contributed by atoms with E-state index in [0.29, 0.717) is 11.5 Å². The third-order valence-electron chi connectivity index (χ3n) is 5.81. The Kier molecular flexibility index (Phi) is 4.90. The summed E-state index contributed by atoms with van der Waals surface area (Å²) in [5.41, 5.74) is 1.58. The number of fused-ring (bicyclic) bond motifs is 2. The van der Waals surface area contributed by atoms with E-state index in [1.807, 2.05) is 57.2 Å². The fraction of sp³-hybridized carbons (Fsp3) is 0.458. The van der Waals surface area contributed by atoms with Crippen LogP contribution in [0.25, 0.3) is 0 Å². The smallest absolute Gasteiger partial charge is 0.254 e. The molecular weight excluding hydrogens is 353 g/mol. The number of nitrogens with zero attached hydrogens (tertiary/aromatic N) is 1. The van der Waals surface area contributed by atoms with Crippen LogP contribution in [-0.2, 0) is 0 Å². The van der Waals surface area contributed by atoms with Crippen LogP contribution < -0.4 is 4.74 Å². The molecule has 2 aliphatic heterocycles. The van der Waals surface area contributed by atoms with E-state index >= 15 is 0 Å². The summed E-state index contributed by atoms with van der Waals surface area (Å²) in [5, 5.41) is 0. The lowest BCUT2D eigenvalue weighted by atomic mass is 9.85. The Bertz CT molecular complexity index is 842. The van der Waals surface area contributed by atoms with Gasteiger partial charge in [-0.05, 0) is 88.3 Å². The van der Waals surface area contributed by atoms with E-state index in [1.165, 1.54) is 17.7 Å². The Morgan fingerprint density at radius 1 is 1.04 bits per heavy atom. The van der Waals surface area contributed by atoms with Gasteiger partial charge in [0.05, 0.1) is 0 Å². The molecule has 0 radical (unpaired) electrons. The Labute approximate surface area is 166 Å². The topological polar surface area (TPSA) is 29.5 Å². The zero-order valence-corrected chi connectivity index (χ0v) is 16.8. The first-order valence-electron chi connectivity index (χ1n) is 10.2.